The van der Waals surface area contributed by atoms with E-state index < -0.39 is 17.9 Å². The lowest BCUT2D eigenvalue weighted by Gasteiger charge is -2.05. The number of nitrogens with zero attached hydrogens (tertiary/aromatic N) is 3. The summed E-state index contributed by atoms with van der Waals surface area (Å²) in [5.41, 5.74) is 19.8. The van der Waals surface area contributed by atoms with Crippen molar-refractivity contribution in [3.8, 4) is 60.6 Å². The summed E-state index contributed by atoms with van der Waals surface area (Å²) >= 11 is 10.2. The maximum atomic E-state index is 11.7. The van der Waals surface area contributed by atoms with E-state index in [0.717, 1.165) is 110 Å². The number of carboxylic acids is 3. The van der Waals surface area contributed by atoms with Gasteiger partial charge < -0.3 is 21.1 Å². The third-order valence-electron chi connectivity index (χ3n) is 16.3. The van der Waals surface area contributed by atoms with Crippen LogP contribution in [-0.2, 0) is 32.1 Å². The zero-order valence-electron chi connectivity index (χ0n) is 51.7. The van der Waals surface area contributed by atoms with E-state index >= 15 is 0 Å². The van der Waals surface area contributed by atoms with Crippen molar-refractivity contribution in [2.24, 2.45) is 0 Å². The first-order valence-corrected chi connectivity index (χ1v) is 35.6. The predicted molar refractivity (Wildman–Crippen MR) is 401 cm³/mol. The number of benzene rings is 6. The third kappa shape index (κ3) is 15.3. The minimum Gasteiger partial charge on any atom is -0.478 e. The molecule has 6 aromatic carbocycles. The van der Waals surface area contributed by atoms with Crippen molar-refractivity contribution in [2.45, 2.75) is 51.9 Å². The molecule has 0 unspecified atom stereocenters. The lowest BCUT2D eigenvalue weighted by Crippen LogP contribution is -1.95. The van der Waals surface area contributed by atoms with Gasteiger partial charge in [0.1, 0.15) is 0 Å². The van der Waals surface area contributed by atoms with Gasteiger partial charge in [-0.15, -0.1) is 68.0 Å². The molecule has 0 aliphatic heterocycles. The molecular formula is C80H58N4O6S6. The minimum atomic E-state index is -1.02. The number of rotatable bonds is 24. The van der Waals surface area contributed by atoms with Gasteiger partial charge in [0.25, 0.3) is 0 Å². The maximum absolute atomic E-state index is 11.7. The molecule has 5 N–H and O–H groups in total. The van der Waals surface area contributed by atoms with Gasteiger partial charge in [-0.05, 0) is 221 Å². The standard InChI is InChI=1S/C80H58N4O6S6/c1-5-6-7-59-42-63(45-66(82-2)50-20-26-56(27-21-50)78(85)86)91-75(59)72-39-36-69(94-72)53-14-8-48(9-15-53)12-18-60-43-64(46-67(83-3)51-22-28-57(29-23-51)79(87)88)92-76(60)73-40-37-70(95-73)54-16-10-49(11-17-54)13-19-61-44-65(47-68(84-4)52-24-30-58(31-25-52)80(89)90)93-77(61)74-41-38-71(96-74)55-32-34-62(81)35-33-55/h8-11,14-17,20-47H,5-7,12-13,18-19,81H2,1H3,(H,85,86)(H,87,88)(H,89,90)/b66-45-,67-46-,68-47-. The number of aryl methyl sites for hydroxylation is 5. The van der Waals surface area contributed by atoms with Gasteiger partial charge in [-0.25, -0.2) is 28.9 Å². The second kappa shape index (κ2) is 29.8. The lowest BCUT2D eigenvalue weighted by molar-refractivity contribution is 0.0686. The largest absolute Gasteiger partial charge is 0.478 e. The number of thiophene rings is 6. The molecule has 16 heteroatoms. The highest BCUT2D eigenvalue weighted by Gasteiger charge is 2.20. The molecule has 0 saturated carbocycles. The van der Waals surface area contributed by atoms with Gasteiger partial charge in [0.2, 0.25) is 0 Å². The van der Waals surface area contributed by atoms with E-state index in [9.17, 15) is 29.7 Å². The Balaban J connectivity index is 0.775. The molecule has 0 atom stereocenters. The molecule has 12 rings (SSSR count). The van der Waals surface area contributed by atoms with Gasteiger partial charge >= 0.3 is 17.9 Å². The fourth-order valence-electron chi connectivity index (χ4n) is 11.1. The average molecular weight is 1360 g/mol. The van der Waals surface area contributed by atoms with Gasteiger partial charge in [0.05, 0.1) is 36.4 Å². The first-order chi connectivity index (χ1) is 46.7. The molecule has 12 aromatic rings. The van der Waals surface area contributed by atoms with Gasteiger partial charge in [0.15, 0.2) is 17.1 Å². The van der Waals surface area contributed by atoms with Crippen LogP contribution in [0.1, 0.15) is 110 Å². The Morgan fingerprint density at radius 2 is 0.646 bits per heavy atom. The Bertz CT molecular complexity index is 5090. The Hall–Kier alpha value is -10.6. The number of nitrogen functional groups attached to an aromatic ring is 1. The summed E-state index contributed by atoms with van der Waals surface area (Å²) in [7, 11) is 0. The second-order valence-corrected chi connectivity index (χ2v) is 29.2. The van der Waals surface area contributed by atoms with Crippen molar-refractivity contribution in [2.75, 3.05) is 5.73 Å². The number of unbranched alkanes of at least 4 members (excludes halogenated alkanes) is 1. The van der Waals surface area contributed by atoms with Gasteiger partial charge in [0, 0.05) is 64.2 Å². The molecule has 0 fully saturated rings. The Morgan fingerprint density at radius 1 is 0.365 bits per heavy atom. The van der Waals surface area contributed by atoms with Gasteiger partial charge in [-0.2, -0.15) is 0 Å². The fourth-order valence-corrected chi connectivity index (χ4v) is 18.0. The molecule has 6 aromatic heterocycles. The van der Waals surface area contributed by atoms with E-state index in [1.165, 1.54) is 74.0 Å². The monoisotopic (exact) mass is 1360 g/mol. The molecule has 0 aliphatic carbocycles. The molecule has 0 spiro atoms. The van der Waals surface area contributed by atoms with Crippen LogP contribution in [0.25, 0.3) is 110 Å². The van der Waals surface area contributed by atoms with E-state index in [0.29, 0.717) is 39.5 Å². The normalized spacial score (nSPS) is 11.7. The summed E-state index contributed by atoms with van der Waals surface area (Å²) in [5.74, 6) is -3.04. The van der Waals surface area contributed by atoms with Crippen molar-refractivity contribution in [3.63, 3.8) is 0 Å². The van der Waals surface area contributed by atoms with Crippen molar-refractivity contribution >= 4 is 127 Å². The topological polar surface area (TPSA) is 151 Å². The van der Waals surface area contributed by atoms with Crippen LogP contribution in [0.2, 0.25) is 0 Å². The summed E-state index contributed by atoms with van der Waals surface area (Å²) in [6.45, 7) is 26.4. The third-order valence-corrected chi connectivity index (χ3v) is 23.6. The maximum Gasteiger partial charge on any atom is 0.335 e. The zero-order valence-corrected chi connectivity index (χ0v) is 56.6. The van der Waals surface area contributed by atoms with Crippen molar-refractivity contribution in [3.05, 3.63) is 310 Å². The molecule has 0 amide bonds. The zero-order chi connectivity index (χ0) is 66.8. The highest BCUT2D eigenvalue weighted by molar-refractivity contribution is 7.25. The van der Waals surface area contributed by atoms with Crippen LogP contribution in [0.15, 0.2) is 200 Å². The highest BCUT2D eigenvalue weighted by Crippen LogP contribution is 2.46. The van der Waals surface area contributed by atoms with E-state index in [4.69, 9.17) is 25.5 Å². The number of nitrogens with two attached hydrogens (primary N) is 1. The number of hydrogen-bond acceptors (Lipinski definition) is 10. The molecule has 96 heavy (non-hydrogen) atoms. The van der Waals surface area contributed by atoms with E-state index in [2.05, 4.69) is 125 Å². The van der Waals surface area contributed by atoms with Gasteiger partial charge in [-0.3, -0.25) is 0 Å². The fraction of sp³-hybridized carbons (Fsp3) is 0.100. The van der Waals surface area contributed by atoms with Gasteiger partial charge in [-0.1, -0.05) is 110 Å². The summed E-state index contributed by atoms with van der Waals surface area (Å²) in [5, 5.41) is 28.5. The molecule has 0 aliphatic rings. The van der Waals surface area contributed by atoms with Crippen LogP contribution in [0.4, 0.5) is 5.69 Å². The summed E-state index contributed by atoms with van der Waals surface area (Å²) in [6.07, 6.45) is 11.8. The number of anilines is 1. The first-order valence-electron chi connectivity index (χ1n) is 30.7. The summed E-state index contributed by atoms with van der Waals surface area (Å²) in [4.78, 5) is 59.5. The number of hydrogen-bond donors (Lipinski definition) is 4. The highest BCUT2D eigenvalue weighted by atomic mass is 32.1. The Morgan fingerprint density at radius 3 is 0.938 bits per heavy atom. The SMILES string of the molecule is [C-]#[N+]/C(=C\c1cc(CCCC)c(-c2ccc(-c3ccc(CCc4cc(/C=C(\[N+]#[C-])c5ccc(C(=O)O)cc5)sc4-c4ccc(-c5ccc(CCc6cc(/C=C(\[N+]#[C-])c7ccc(C(=O)O)cc7)sc6-c6ccc(-c7ccc(N)cc7)s6)cc5)s4)cc3)s2)s1)c1ccc(C(=O)O)cc1. The molecule has 6 heterocycles. The quantitative estimate of drug-likeness (QED) is 0.0347. The molecule has 470 valence electrons. The Kier molecular flexibility index (Phi) is 20.3. The minimum absolute atomic E-state index is 0.159. The van der Waals surface area contributed by atoms with Crippen LogP contribution in [0, 0.1) is 19.7 Å². The molecule has 0 bridgehead atoms. The van der Waals surface area contributed by atoms with E-state index in [1.807, 2.05) is 42.5 Å². The second-order valence-electron chi connectivity index (χ2n) is 22.7. The van der Waals surface area contributed by atoms with Crippen molar-refractivity contribution < 1.29 is 29.7 Å². The van der Waals surface area contributed by atoms with Crippen molar-refractivity contribution in [1.29, 1.82) is 0 Å². The molecular weight excluding hydrogens is 1310 g/mol. The first kappa shape index (κ1) is 65.5. The van der Waals surface area contributed by atoms with Crippen LogP contribution in [0.5, 0.6) is 0 Å². The lowest BCUT2D eigenvalue weighted by atomic mass is 10.0. The summed E-state index contributed by atoms with van der Waals surface area (Å²) < 4.78 is 0. The average Bonchev–Trinajstić information content (AvgIpc) is 1.71. The predicted octanol–water partition coefficient (Wildman–Crippen LogP) is 22.9. The molecule has 0 saturated heterocycles. The van der Waals surface area contributed by atoms with Crippen LogP contribution >= 0.6 is 68.0 Å². The van der Waals surface area contributed by atoms with E-state index in [-0.39, 0.29) is 16.7 Å². The van der Waals surface area contributed by atoms with Crippen LogP contribution < -0.4 is 5.73 Å². The van der Waals surface area contributed by atoms with Crippen molar-refractivity contribution in [1.82, 2.24) is 0 Å². The number of carbonyl (C=O) groups is 3. The Labute approximate surface area is 580 Å². The van der Waals surface area contributed by atoms with E-state index in [1.54, 1.807) is 104 Å². The molecule has 10 nitrogen and oxygen atoms in total. The van der Waals surface area contributed by atoms with Crippen LogP contribution in [-0.4, -0.2) is 33.2 Å². The summed E-state index contributed by atoms with van der Waals surface area (Å²) in [6, 6.07) is 64.4. The van der Waals surface area contributed by atoms with Crippen LogP contribution in [0.3, 0.4) is 0 Å². The molecule has 0 radical (unpaired) electrons. The smallest absolute Gasteiger partial charge is 0.335 e. The number of aromatic carboxylic acids is 3. The number of carboxylic acid groups (broad SMARTS) is 3.